The molecule has 1 atom stereocenters. The van der Waals surface area contributed by atoms with Crippen LogP contribution in [0.4, 0.5) is 5.00 Å². The van der Waals surface area contributed by atoms with E-state index in [0.717, 1.165) is 41.7 Å². The first-order valence-corrected chi connectivity index (χ1v) is 12.3. The van der Waals surface area contributed by atoms with Gasteiger partial charge in [-0.15, -0.1) is 23.1 Å². The quantitative estimate of drug-likeness (QED) is 0.339. The highest BCUT2D eigenvalue weighted by molar-refractivity contribution is 8.00. The summed E-state index contributed by atoms with van der Waals surface area (Å²) in [6.45, 7) is 2.12. The van der Waals surface area contributed by atoms with E-state index < -0.39 is 5.25 Å². The van der Waals surface area contributed by atoms with Crippen LogP contribution < -0.4 is 5.32 Å². The fraction of sp³-hybridized carbons (Fsp3) is 0.280. The van der Waals surface area contributed by atoms with Gasteiger partial charge in [0.05, 0.1) is 12.2 Å². The molecule has 1 aromatic heterocycles. The Balaban J connectivity index is 1.65. The number of ether oxygens (including phenoxy) is 1. The summed E-state index contributed by atoms with van der Waals surface area (Å²) in [5, 5.41) is 3.27. The van der Waals surface area contributed by atoms with Crippen molar-refractivity contribution in [2.24, 2.45) is 0 Å². The molecule has 3 aromatic rings. The lowest BCUT2D eigenvalue weighted by Gasteiger charge is -2.17. The van der Waals surface area contributed by atoms with E-state index in [2.05, 4.69) is 5.32 Å². The van der Waals surface area contributed by atoms with Gasteiger partial charge < -0.3 is 10.1 Å². The summed E-state index contributed by atoms with van der Waals surface area (Å²) in [4.78, 5) is 28.4. The minimum absolute atomic E-state index is 0.135. The molecule has 0 radical (unpaired) electrons. The standard InChI is InChI=1S/C25H25NO3S2/c1-2-29-25(28)21-19-15-9-10-16-20(19)31-24(21)26-23(27)22(17-11-5-3-6-12-17)30-18-13-7-4-8-14-18/h3-8,11-14,22H,2,9-10,15-16H2,1H3,(H,26,27)/t22-/m1/s1. The Morgan fingerprint density at radius 1 is 1.03 bits per heavy atom. The SMILES string of the molecule is CCOC(=O)c1c(NC(=O)[C@H](Sc2ccccc2)c2ccccc2)sc2c1CCCC2. The van der Waals surface area contributed by atoms with Crippen LogP contribution in [0.25, 0.3) is 0 Å². The normalized spacial score (nSPS) is 13.8. The van der Waals surface area contributed by atoms with Crippen LogP contribution in [0.15, 0.2) is 65.6 Å². The molecule has 160 valence electrons. The summed E-state index contributed by atoms with van der Waals surface area (Å²) < 4.78 is 5.33. The molecule has 31 heavy (non-hydrogen) atoms. The van der Waals surface area contributed by atoms with E-state index in [0.29, 0.717) is 17.2 Å². The predicted octanol–water partition coefficient (Wildman–Crippen LogP) is 6.28. The summed E-state index contributed by atoms with van der Waals surface area (Å²) in [6.07, 6.45) is 3.97. The van der Waals surface area contributed by atoms with E-state index in [9.17, 15) is 9.59 Å². The second-order valence-corrected chi connectivity index (χ2v) is 9.63. The van der Waals surface area contributed by atoms with E-state index >= 15 is 0 Å². The Bertz CT molecular complexity index is 1050. The molecule has 1 amide bonds. The molecule has 0 saturated heterocycles. The van der Waals surface area contributed by atoms with Gasteiger partial charge in [0.15, 0.2) is 0 Å². The molecule has 1 aliphatic rings. The van der Waals surface area contributed by atoms with E-state index in [1.54, 1.807) is 6.92 Å². The molecule has 0 aliphatic heterocycles. The zero-order valence-corrected chi connectivity index (χ0v) is 19.1. The molecule has 6 heteroatoms. The highest BCUT2D eigenvalue weighted by Gasteiger charge is 2.29. The number of amides is 1. The Morgan fingerprint density at radius 3 is 2.42 bits per heavy atom. The summed E-state index contributed by atoms with van der Waals surface area (Å²) in [7, 11) is 0. The van der Waals surface area contributed by atoms with Crippen LogP contribution in [0.5, 0.6) is 0 Å². The molecular weight excluding hydrogens is 426 g/mol. The maximum Gasteiger partial charge on any atom is 0.341 e. The van der Waals surface area contributed by atoms with Crippen LogP contribution in [-0.2, 0) is 22.4 Å². The zero-order chi connectivity index (χ0) is 21.6. The second kappa shape index (κ2) is 10.2. The van der Waals surface area contributed by atoms with Gasteiger partial charge in [0.1, 0.15) is 10.3 Å². The summed E-state index contributed by atoms with van der Waals surface area (Å²) in [5.41, 5.74) is 2.52. The first-order chi connectivity index (χ1) is 15.2. The molecule has 0 fully saturated rings. The number of anilines is 1. The fourth-order valence-electron chi connectivity index (χ4n) is 3.79. The van der Waals surface area contributed by atoms with Crippen molar-refractivity contribution in [2.45, 2.75) is 42.8 Å². The van der Waals surface area contributed by atoms with Gasteiger partial charge in [-0.2, -0.15) is 0 Å². The number of carbonyl (C=O) groups excluding carboxylic acids is 2. The van der Waals surface area contributed by atoms with Gasteiger partial charge in [-0.1, -0.05) is 48.5 Å². The van der Waals surface area contributed by atoms with Crippen LogP contribution in [0.3, 0.4) is 0 Å². The van der Waals surface area contributed by atoms with Crippen molar-refractivity contribution in [3.05, 3.63) is 82.2 Å². The maximum atomic E-state index is 13.5. The fourth-order valence-corrected chi connectivity index (χ4v) is 6.11. The van der Waals surface area contributed by atoms with Crippen molar-refractivity contribution in [1.82, 2.24) is 0 Å². The summed E-state index contributed by atoms with van der Waals surface area (Å²) in [6, 6.07) is 19.6. The van der Waals surface area contributed by atoms with Gasteiger partial charge in [-0.25, -0.2) is 4.79 Å². The predicted molar refractivity (Wildman–Crippen MR) is 127 cm³/mol. The largest absolute Gasteiger partial charge is 0.462 e. The highest BCUT2D eigenvalue weighted by atomic mass is 32.2. The third kappa shape index (κ3) is 5.02. The number of thioether (sulfide) groups is 1. The summed E-state index contributed by atoms with van der Waals surface area (Å²) >= 11 is 3.03. The number of hydrogen-bond donors (Lipinski definition) is 1. The van der Waals surface area contributed by atoms with Crippen molar-refractivity contribution in [3.63, 3.8) is 0 Å². The van der Waals surface area contributed by atoms with Crippen LogP contribution in [-0.4, -0.2) is 18.5 Å². The molecule has 0 bridgehead atoms. The van der Waals surface area contributed by atoms with Crippen molar-refractivity contribution in [3.8, 4) is 0 Å². The smallest absolute Gasteiger partial charge is 0.341 e. The number of thiophene rings is 1. The molecule has 0 spiro atoms. The second-order valence-electron chi connectivity index (χ2n) is 7.35. The monoisotopic (exact) mass is 451 g/mol. The van der Waals surface area contributed by atoms with Crippen molar-refractivity contribution in [1.29, 1.82) is 0 Å². The van der Waals surface area contributed by atoms with Gasteiger partial charge >= 0.3 is 5.97 Å². The third-order valence-corrected chi connectivity index (χ3v) is 7.70. The van der Waals surface area contributed by atoms with Gasteiger partial charge in [0.2, 0.25) is 5.91 Å². The van der Waals surface area contributed by atoms with Crippen LogP contribution in [0.2, 0.25) is 0 Å². The van der Waals surface area contributed by atoms with E-state index in [1.165, 1.54) is 28.0 Å². The van der Waals surface area contributed by atoms with E-state index in [1.807, 2.05) is 60.7 Å². The topological polar surface area (TPSA) is 55.4 Å². The molecule has 1 aliphatic carbocycles. The Hall–Kier alpha value is -2.57. The van der Waals surface area contributed by atoms with Gasteiger partial charge in [-0.05, 0) is 55.9 Å². The van der Waals surface area contributed by atoms with E-state index in [4.69, 9.17) is 4.74 Å². The van der Waals surface area contributed by atoms with Gasteiger partial charge in [0, 0.05) is 9.77 Å². The zero-order valence-electron chi connectivity index (χ0n) is 17.4. The maximum absolute atomic E-state index is 13.5. The lowest BCUT2D eigenvalue weighted by Crippen LogP contribution is -2.20. The number of benzene rings is 2. The van der Waals surface area contributed by atoms with Gasteiger partial charge in [-0.3, -0.25) is 4.79 Å². The molecule has 0 unspecified atom stereocenters. The number of fused-ring (bicyclic) bond motifs is 1. The number of aryl methyl sites for hydroxylation is 1. The lowest BCUT2D eigenvalue weighted by molar-refractivity contribution is -0.115. The number of rotatable bonds is 7. The molecule has 4 nitrogen and oxygen atoms in total. The number of esters is 1. The molecule has 0 saturated carbocycles. The molecular formula is C25H25NO3S2. The van der Waals surface area contributed by atoms with E-state index in [-0.39, 0.29) is 11.9 Å². The van der Waals surface area contributed by atoms with Crippen molar-refractivity contribution < 1.29 is 14.3 Å². The van der Waals surface area contributed by atoms with Crippen molar-refractivity contribution >= 4 is 40.0 Å². The molecule has 1 heterocycles. The average Bonchev–Trinajstić information content (AvgIpc) is 3.16. The number of nitrogens with one attached hydrogen (secondary N) is 1. The van der Waals surface area contributed by atoms with Crippen LogP contribution >= 0.6 is 23.1 Å². The minimum Gasteiger partial charge on any atom is -0.462 e. The Morgan fingerprint density at radius 2 is 1.71 bits per heavy atom. The summed E-state index contributed by atoms with van der Waals surface area (Å²) in [5.74, 6) is -0.478. The minimum atomic E-state index is -0.433. The third-order valence-electron chi connectivity index (χ3n) is 5.23. The Labute approximate surface area is 191 Å². The lowest BCUT2D eigenvalue weighted by atomic mass is 9.95. The van der Waals surface area contributed by atoms with Gasteiger partial charge in [0.25, 0.3) is 0 Å². The van der Waals surface area contributed by atoms with Crippen LogP contribution in [0.1, 0.15) is 51.4 Å². The highest BCUT2D eigenvalue weighted by Crippen LogP contribution is 2.41. The number of carbonyl (C=O) groups is 2. The first kappa shape index (κ1) is 21.7. The number of hydrogen-bond acceptors (Lipinski definition) is 5. The molecule has 1 N–H and O–H groups in total. The molecule has 2 aromatic carbocycles. The average molecular weight is 452 g/mol. The first-order valence-electron chi connectivity index (χ1n) is 10.6. The Kier molecular flexibility index (Phi) is 7.10. The van der Waals surface area contributed by atoms with Crippen molar-refractivity contribution in [2.75, 3.05) is 11.9 Å². The van der Waals surface area contributed by atoms with Crippen LogP contribution in [0, 0.1) is 0 Å². The molecule has 4 rings (SSSR count).